The maximum atomic E-state index is 12.2. The fourth-order valence-electron chi connectivity index (χ4n) is 1.50. The highest BCUT2D eigenvalue weighted by Crippen LogP contribution is 2.23. The van der Waals surface area contributed by atoms with Crippen LogP contribution in [0.5, 0.6) is 5.75 Å². The Kier molecular flexibility index (Phi) is 3.76. The van der Waals surface area contributed by atoms with Gasteiger partial charge in [0.15, 0.2) is 5.78 Å². The van der Waals surface area contributed by atoms with Crippen molar-refractivity contribution in [3.63, 3.8) is 0 Å². The third-order valence-corrected chi connectivity index (χ3v) is 2.53. The third-order valence-electron chi connectivity index (χ3n) is 2.53. The summed E-state index contributed by atoms with van der Waals surface area (Å²) in [6.07, 6.45) is 0. The van der Waals surface area contributed by atoms with Gasteiger partial charge in [-0.1, -0.05) is 5.11 Å². The van der Waals surface area contributed by atoms with Crippen LogP contribution in [0.15, 0.2) is 23.3 Å². The average Bonchev–Trinajstić information content (AvgIpc) is 2.28. The van der Waals surface area contributed by atoms with Crippen LogP contribution in [-0.2, 0) is 0 Å². The first-order valence-electron chi connectivity index (χ1n) is 5.18. The summed E-state index contributed by atoms with van der Waals surface area (Å²) in [5.41, 5.74) is 8.71. The van der Waals surface area contributed by atoms with Crippen molar-refractivity contribution in [2.45, 2.75) is 26.3 Å². The molecule has 17 heavy (non-hydrogen) atoms. The van der Waals surface area contributed by atoms with E-state index in [1.807, 2.05) is 6.92 Å². The minimum atomic E-state index is -1.08. The number of nitrogens with zero attached hydrogens (tertiary/aromatic N) is 3. The summed E-state index contributed by atoms with van der Waals surface area (Å²) >= 11 is 0. The lowest BCUT2D eigenvalue weighted by Gasteiger charge is -2.17. The predicted octanol–water partition coefficient (Wildman–Crippen LogP) is 3.28. The number of aryl methyl sites for hydroxylation is 1. The second-order valence-electron chi connectivity index (χ2n) is 4.26. The number of methoxy groups -OCH3 is 1. The van der Waals surface area contributed by atoms with Gasteiger partial charge in [0.25, 0.3) is 0 Å². The van der Waals surface area contributed by atoms with E-state index in [4.69, 9.17) is 10.3 Å². The molecule has 0 amide bonds. The number of hydrogen-bond acceptors (Lipinski definition) is 3. The zero-order valence-corrected chi connectivity index (χ0v) is 10.4. The van der Waals surface area contributed by atoms with Crippen molar-refractivity contribution >= 4 is 5.78 Å². The molecule has 1 aromatic carbocycles. The topological polar surface area (TPSA) is 75.1 Å². The first kappa shape index (κ1) is 13.1. The minimum absolute atomic E-state index is 0.199. The second kappa shape index (κ2) is 4.89. The molecule has 0 heterocycles. The number of Topliss-reactive ketones (excluding diaryl/α,β-unsaturated/α-hetero) is 1. The number of benzene rings is 1. The first-order valence-corrected chi connectivity index (χ1v) is 5.18. The molecule has 5 heteroatoms. The molecular formula is C12H15N3O2. The van der Waals surface area contributed by atoms with Crippen LogP contribution in [0.4, 0.5) is 0 Å². The van der Waals surface area contributed by atoms with E-state index in [0.717, 1.165) is 5.56 Å². The Morgan fingerprint density at radius 2 is 2.12 bits per heavy atom. The van der Waals surface area contributed by atoms with E-state index in [-0.39, 0.29) is 5.78 Å². The Hall–Kier alpha value is -2.00. The van der Waals surface area contributed by atoms with Crippen molar-refractivity contribution < 1.29 is 9.53 Å². The molecule has 0 aliphatic carbocycles. The molecule has 0 radical (unpaired) electrons. The van der Waals surface area contributed by atoms with Crippen LogP contribution in [0.25, 0.3) is 10.4 Å². The fraction of sp³-hybridized carbons (Fsp3) is 0.417. The maximum Gasteiger partial charge on any atom is 0.174 e. The molecule has 0 aliphatic heterocycles. The second-order valence-corrected chi connectivity index (χ2v) is 4.26. The average molecular weight is 233 g/mol. The Labute approximate surface area is 100 Å². The summed E-state index contributed by atoms with van der Waals surface area (Å²) in [5, 5.41) is 3.52. The monoisotopic (exact) mass is 233 g/mol. The SMILES string of the molecule is COc1ccc(C(=O)C(C)(C)N=[N+]=[N-])c(C)c1. The van der Waals surface area contributed by atoms with Gasteiger partial charge < -0.3 is 4.74 Å². The molecule has 0 saturated heterocycles. The third kappa shape index (κ3) is 2.77. The van der Waals surface area contributed by atoms with Crippen molar-refractivity contribution in [3.05, 3.63) is 39.8 Å². The van der Waals surface area contributed by atoms with E-state index in [0.29, 0.717) is 11.3 Å². The van der Waals surface area contributed by atoms with E-state index in [9.17, 15) is 4.79 Å². The largest absolute Gasteiger partial charge is 0.497 e. The maximum absolute atomic E-state index is 12.2. The van der Waals surface area contributed by atoms with Gasteiger partial charge in [-0.15, -0.1) is 0 Å². The normalized spacial score (nSPS) is 10.6. The van der Waals surface area contributed by atoms with Crippen molar-refractivity contribution in [1.82, 2.24) is 0 Å². The van der Waals surface area contributed by atoms with Crippen LogP contribution in [0, 0.1) is 6.92 Å². The van der Waals surface area contributed by atoms with Crippen LogP contribution in [-0.4, -0.2) is 18.4 Å². The van der Waals surface area contributed by atoms with Crippen molar-refractivity contribution in [3.8, 4) is 5.75 Å². The van der Waals surface area contributed by atoms with Crippen LogP contribution in [0.1, 0.15) is 29.8 Å². The standard InChI is InChI=1S/C12H15N3O2/c1-8-7-9(17-4)5-6-10(8)11(16)12(2,3)14-15-13/h5-7H,1-4H3. The fourth-order valence-corrected chi connectivity index (χ4v) is 1.50. The van der Waals surface area contributed by atoms with Gasteiger partial charge in [-0.3, -0.25) is 4.79 Å². The number of rotatable bonds is 4. The zero-order valence-electron chi connectivity index (χ0n) is 10.4. The summed E-state index contributed by atoms with van der Waals surface area (Å²) in [7, 11) is 1.57. The van der Waals surface area contributed by atoms with Crippen LogP contribution < -0.4 is 4.74 Å². The predicted molar refractivity (Wildman–Crippen MR) is 65.3 cm³/mol. The molecule has 0 aromatic heterocycles. The quantitative estimate of drug-likeness (QED) is 0.346. The number of hydrogen-bond donors (Lipinski definition) is 0. The molecule has 0 bridgehead atoms. The summed E-state index contributed by atoms with van der Waals surface area (Å²) in [4.78, 5) is 14.9. The molecule has 0 unspecified atom stereocenters. The zero-order chi connectivity index (χ0) is 13.1. The molecule has 0 fully saturated rings. The Balaban J connectivity index is 3.17. The minimum Gasteiger partial charge on any atom is -0.497 e. The van der Waals surface area contributed by atoms with Gasteiger partial charge in [-0.05, 0) is 50.1 Å². The van der Waals surface area contributed by atoms with Crippen molar-refractivity contribution in [2.24, 2.45) is 5.11 Å². The molecular weight excluding hydrogens is 218 g/mol. The van der Waals surface area contributed by atoms with Crippen LogP contribution >= 0.6 is 0 Å². The molecule has 0 spiro atoms. The van der Waals surface area contributed by atoms with Gasteiger partial charge in [0.2, 0.25) is 0 Å². The van der Waals surface area contributed by atoms with Gasteiger partial charge >= 0.3 is 0 Å². The van der Waals surface area contributed by atoms with Gasteiger partial charge in [0, 0.05) is 10.5 Å². The van der Waals surface area contributed by atoms with Crippen LogP contribution in [0.3, 0.4) is 0 Å². The summed E-state index contributed by atoms with van der Waals surface area (Å²) in [5.74, 6) is 0.496. The Bertz CT molecular complexity index is 489. The smallest absolute Gasteiger partial charge is 0.174 e. The number of ether oxygens (including phenoxy) is 1. The molecule has 0 atom stereocenters. The van der Waals surface area contributed by atoms with Crippen molar-refractivity contribution in [1.29, 1.82) is 0 Å². The Morgan fingerprint density at radius 1 is 1.47 bits per heavy atom. The summed E-state index contributed by atoms with van der Waals surface area (Å²) < 4.78 is 5.07. The highest BCUT2D eigenvalue weighted by molar-refractivity contribution is 6.04. The molecule has 5 nitrogen and oxygen atoms in total. The molecule has 0 saturated carbocycles. The summed E-state index contributed by atoms with van der Waals surface area (Å²) in [6, 6.07) is 5.18. The van der Waals surface area contributed by atoms with Gasteiger partial charge in [-0.25, -0.2) is 0 Å². The molecule has 0 aliphatic rings. The van der Waals surface area contributed by atoms with E-state index >= 15 is 0 Å². The van der Waals surface area contributed by atoms with E-state index in [1.165, 1.54) is 0 Å². The highest BCUT2D eigenvalue weighted by Gasteiger charge is 2.28. The van der Waals surface area contributed by atoms with E-state index in [2.05, 4.69) is 10.0 Å². The van der Waals surface area contributed by atoms with Crippen molar-refractivity contribution in [2.75, 3.05) is 7.11 Å². The molecule has 1 rings (SSSR count). The van der Waals surface area contributed by atoms with Crippen LogP contribution in [0.2, 0.25) is 0 Å². The molecule has 90 valence electrons. The number of ketones is 1. The lowest BCUT2D eigenvalue weighted by Crippen LogP contribution is -2.29. The Morgan fingerprint density at radius 3 is 2.59 bits per heavy atom. The number of azide groups is 1. The lowest BCUT2D eigenvalue weighted by atomic mass is 9.91. The molecule has 0 N–H and O–H groups in total. The van der Waals surface area contributed by atoms with E-state index < -0.39 is 5.54 Å². The van der Waals surface area contributed by atoms with Gasteiger partial charge in [0.1, 0.15) is 11.3 Å². The lowest BCUT2D eigenvalue weighted by molar-refractivity contribution is 0.0913. The molecule has 1 aromatic rings. The first-order chi connectivity index (χ1) is 7.92. The van der Waals surface area contributed by atoms with Gasteiger partial charge in [-0.2, -0.15) is 0 Å². The number of carbonyl (C=O) groups excluding carboxylic acids is 1. The van der Waals surface area contributed by atoms with Gasteiger partial charge in [0.05, 0.1) is 7.11 Å². The highest BCUT2D eigenvalue weighted by atomic mass is 16.5. The number of carbonyl (C=O) groups is 1. The van der Waals surface area contributed by atoms with E-state index in [1.54, 1.807) is 39.2 Å². The summed E-state index contributed by atoms with van der Waals surface area (Å²) in [6.45, 7) is 5.01.